The number of aromatic nitrogens is 2. The van der Waals surface area contributed by atoms with Crippen molar-refractivity contribution in [1.29, 1.82) is 0 Å². The highest BCUT2D eigenvalue weighted by Gasteiger charge is 2.10. The summed E-state index contributed by atoms with van der Waals surface area (Å²) in [5.41, 5.74) is 2.08. The van der Waals surface area contributed by atoms with Crippen molar-refractivity contribution in [3.05, 3.63) is 34.6 Å². The molecule has 2 aromatic rings. The Hall–Kier alpha value is -1.69. The van der Waals surface area contributed by atoms with Crippen molar-refractivity contribution in [3.63, 3.8) is 0 Å². The molecule has 0 unspecified atom stereocenters. The third-order valence-electron chi connectivity index (χ3n) is 3.17. The van der Waals surface area contributed by atoms with E-state index in [9.17, 15) is 0 Å². The first-order valence-electron chi connectivity index (χ1n) is 6.73. The van der Waals surface area contributed by atoms with Crippen molar-refractivity contribution in [3.8, 4) is 11.5 Å². The van der Waals surface area contributed by atoms with E-state index in [0.29, 0.717) is 18.3 Å². The fraction of sp³-hybridized carbons (Fsp3) is 0.400. The van der Waals surface area contributed by atoms with Gasteiger partial charge in [-0.05, 0) is 31.5 Å². The molecule has 0 fully saturated rings. The van der Waals surface area contributed by atoms with E-state index in [0.717, 1.165) is 21.5 Å². The summed E-state index contributed by atoms with van der Waals surface area (Å²) < 4.78 is 13.5. The van der Waals surface area contributed by atoms with Gasteiger partial charge in [0, 0.05) is 23.3 Å². The quantitative estimate of drug-likeness (QED) is 0.856. The van der Waals surface area contributed by atoms with Gasteiger partial charge >= 0.3 is 0 Å². The molecule has 1 heterocycles. The lowest BCUT2D eigenvalue weighted by atomic mass is 10.2. The van der Waals surface area contributed by atoms with Gasteiger partial charge in [-0.1, -0.05) is 15.9 Å². The third-order valence-corrected chi connectivity index (χ3v) is 3.90. The smallest absolute Gasteiger partial charge is 0.161 e. The minimum absolute atomic E-state index is 0.355. The Bertz CT molecular complexity index is 611. The molecule has 2 rings (SSSR count). The molecule has 21 heavy (non-hydrogen) atoms. The van der Waals surface area contributed by atoms with Crippen LogP contribution in [0.5, 0.6) is 11.5 Å². The largest absolute Gasteiger partial charge is 0.493 e. The fourth-order valence-electron chi connectivity index (χ4n) is 1.94. The maximum absolute atomic E-state index is 5.33. The Balaban J connectivity index is 2.12. The fourth-order valence-corrected chi connectivity index (χ4v) is 2.40. The van der Waals surface area contributed by atoms with Gasteiger partial charge in [0.2, 0.25) is 0 Å². The minimum atomic E-state index is 0.355. The molecule has 0 aliphatic carbocycles. The van der Waals surface area contributed by atoms with Crippen molar-refractivity contribution in [2.45, 2.75) is 26.4 Å². The van der Waals surface area contributed by atoms with Gasteiger partial charge in [-0.3, -0.25) is 4.68 Å². The van der Waals surface area contributed by atoms with E-state index in [1.165, 1.54) is 0 Å². The molecule has 5 nitrogen and oxygen atoms in total. The normalized spacial score (nSPS) is 10.8. The van der Waals surface area contributed by atoms with E-state index in [1.807, 2.05) is 29.2 Å². The summed E-state index contributed by atoms with van der Waals surface area (Å²) in [6, 6.07) is 4.23. The minimum Gasteiger partial charge on any atom is -0.493 e. The SMILES string of the molecule is COc1cc(Br)c(CNc2cnn(C(C)C)c2)cc1OC. The number of benzene rings is 1. The van der Waals surface area contributed by atoms with E-state index in [2.05, 4.69) is 40.2 Å². The van der Waals surface area contributed by atoms with Crippen LogP contribution in [0.15, 0.2) is 29.0 Å². The highest BCUT2D eigenvalue weighted by molar-refractivity contribution is 9.10. The summed E-state index contributed by atoms with van der Waals surface area (Å²) in [4.78, 5) is 0. The lowest BCUT2D eigenvalue weighted by molar-refractivity contribution is 0.354. The van der Waals surface area contributed by atoms with Crippen molar-refractivity contribution in [1.82, 2.24) is 9.78 Å². The molecule has 0 amide bonds. The second-order valence-electron chi connectivity index (χ2n) is 4.95. The molecule has 0 radical (unpaired) electrons. The summed E-state index contributed by atoms with van der Waals surface area (Å²) in [5.74, 6) is 1.43. The van der Waals surface area contributed by atoms with Gasteiger partial charge in [0.1, 0.15) is 0 Å². The number of hydrogen-bond acceptors (Lipinski definition) is 4. The van der Waals surface area contributed by atoms with Crippen LogP contribution < -0.4 is 14.8 Å². The molecule has 6 heteroatoms. The molecule has 0 saturated carbocycles. The van der Waals surface area contributed by atoms with Gasteiger partial charge in [-0.15, -0.1) is 0 Å². The Morgan fingerprint density at radius 3 is 2.48 bits per heavy atom. The molecule has 114 valence electrons. The van der Waals surface area contributed by atoms with Gasteiger partial charge in [0.15, 0.2) is 11.5 Å². The van der Waals surface area contributed by atoms with Crippen molar-refractivity contribution < 1.29 is 9.47 Å². The summed E-state index contributed by atoms with van der Waals surface area (Å²) in [6.45, 7) is 4.87. The standard InChI is InChI=1S/C15H20BrN3O2/c1-10(2)19-9-12(8-18-19)17-7-11-5-14(20-3)15(21-4)6-13(11)16/h5-6,8-10,17H,7H2,1-4H3. The Labute approximate surface area is 133 Å². The molecule has 1 N–H and O–H groups in total. The van der Waals surface area contributed by atoms with Crippen LogP contribution in [-0.4, -0.2) is 24.0 Å². The molecule has 0 atom stereocenters. The molecule has 0 spiro atoms. The lowest BCUT2D eigenvalue weighted by Gasteiger charge is -2.12. The summed E-state index contributed by atoms with van der Waals surface area (Å²) in [5, 5.41) is 7.67. The zero-order valence-electron chi connectivity index (χ0n) is 12.7. The zero-order valence-corrected chi connectivity index (χ0v) is 14.3. The molecule has 0 aliphatic heterocycles. The highest BCUT2D eigenvalue weighted by atomic mass is 79.9. The first kappa shape index (κ1) is 15.7. The van der Waals surface area contributed by atoms with E-state index >= 15 is 0 Å². The number of halogens is 1. The molecular formula is C15H20BrN3O2. The highest BCUT2D eigenvalue weighted by Crippen LogP contribution is 2.33. The van der Waals surface area contributed by atoms with Crippen LogP contribution in [0.1, 0.15) is 25.5 Å². The maximum atomic E-state index is 5.33. The van der Waals surface area contributed by atoms with Crippen molar-refractivity contribution in [2.75, 3.05) is 19.5 Å². The topological polar surface area (TPSA) is 48.3 Å². The van der Waals surface area contributed by atoms with Gasteiger partial charge in [0.25, 0.3) is 0 Å². The second kappa shape index (κ2) is 6.85. The molecule has 0 aliphatic rings. The van der Waals surface area contributed by atoms with Crippen LogP contribution in [0.2, 0.25) is 0 Å². The average molecular weight is 354 g/mol. The summed E-state index contributed by atoms with van der Waals surface area (Å²) >= 11 is 3.56. The van der Waals surface area contributed by atoms with E-state index in [4.69, 9.17) is 9.47 Å². The lowest BCUT2D eigenvalue weighted by Crippen LogP contribution is -2.02. The number of hydrogen-bond donors (Lipinski definition) is 1. The Morgan fingerprint density at radius 2 is 1.90 bits per heavy atom. The zero-order chi connectivity index (χ0) is 15.4. The van der Waals surface area contributed by atoms with Crippen LogP contribution in [-0.2, 0) is 6.54 Å². The molecule has 1 aromatic carbocycles. The average Bonchev–Trinajstić information content (AvgIpc) is 2.94. The Kier molecular flexibility index (Phi) is 5.12. The summed E-state index contributed by atoms with van der Waals surface area (Å²) in [6.07, 6.45) is 3.83. The van der Waals surface area contributed by atoms with Crippen LogP contribution in [0.25, 0.3) is 0 Å². The van der Waals surface area contributed by atoms with E-state index in [1.54, 1.807) is 14.2 Å². The first-order chi connectivity index (χ1) is 10.0. The van der Waals surface area contributed by atoms with Gasteiger partial charge in [-0.2, -0.15) is 5.10 Å². The van der Waals surface area contributed by atoms with Crippen LogP contribution in [0.3, 0.4) is 0 Å². The van der Waals surface area contributed by atoms with Crippen LogP contribution in [0.4, 0.5) is 5.69 Å². The number of nitrogens with zero attached hydrogens (tertiary/aromatic N) is 2. The predicted octanol–water partition coefficient (Wildman–Crippen LogP) is 3.86. The molecule has 0 bridgehead atoms. The Morgan fingerprint density at radius 1 is 1.24 bits per heavy atom. The molecule has 0 saturated heterocycles. The van der Waals surface area contributed by atoms with Crippen LogP contribution in [0, 0.1) is 0 Å². The first-order valence-corrected chi connectivity index (χ1v) is 7.53. The predicted molar refractivity (Wildman–Crippen MR) is 87.2 cm³/mol. The number of ether oxygens (including phenoxy) is 2. The number of methoxy groups -OCH3 is 2. The van der Waals surface area contributed by atoms with Crippen molar-refractivity contribution >= 4 is 21.6 Å². The number of rotatable bonds is 6. The second-order valence-corrected chi connectivity index (χ2v) is 5.81. The number of nitrogens with one attached hydrogen (secondary N) is 1. The molecule has 1 aromatic heterocycles. The third kappa shape index (κ3) is 3.69. The van der Waals surface area contributed by atoms with Crippen molar-refractivity contribution in [2.24, 2.45) is 0 Å². The van der Waals surface area contributed by atoms with Crippen LogP contribution >= 0.6 is 15.9 Å². The van der Waals surface area contributed by atoms with E-state index in [-0.39, 0.29) is 0 Å². The van der Waals surface area contributed by atoms with E-state index < -0.39 is 0 Å². The summed E-state index contributed by atoms with van der Waals surface area (Å²) in [7, 11) is 3.26. The maximum Gasteiger partial charge on any atom is 0.161 e. The number of anilines is 1. The van der Waals surface area contributed by atoms with Gasteiger partial charge < -0.3 is 14.8 Å². The monoisotopic (exact) mass is 353 g/mol. The van der Waals surface area contributed by atoms with Gasteiger partial charge in [-0.25, -0.2) is 0 Å². The molecular weight excluding hydrogens is 334 g/mol. The van der Waals surface area contributed by atoms with Gasteiger partial charge in [0.05, 0.1) is 26.1 Å².